The van der Waals surface area contributed by atoms with Crippen LogP contribution in [0.5, 0.6) is 5.75 Å². The van der Waals surface area contributed by atoms with E-state index in [1.54, 1.807) is 0 Å². The van der Waals surface area contributed by atoms with E-state index in [1.165, 1.54) is 16.0 Å². The molecule has 0 amide bonds. The molecule has 0 spiro atoms. The van der Waals surface area contributed by atoms with Crippen molar-refractivity contribution in [1.82, 2.24) is 5.32 Å². The van der Waals surface area contributed by atoms with Gasteiger partial charge < -0.3 is 10.1 Å². The fourth-order valence-electron chi connectivity index (χ4n) is 2.58. The molecule has 0 aromatic heterocycles. The number of rotatable bonds is 6. The van der Waals surface area contributed by atoms with Gasteiger partial charge in [0, 0.05) is 28.7 Å². The van der Waals surface area contributed by atoms with Gasteiger partial charge in [-0.25, -0.2) is 0 Å². The molecular formula is C18H21NOS. The molecule has 1 N–H and O–H groups in total. The van der Waals surface area contributed by atoms with Crippen molar-refractivity contribution in [2.24, 2.45) is 0 Å². The predicted octanol–water partition coefficient (Wildman–Crippen LogP) is 4.06. The molecule has 0 radical (unpaired) electrons. The molecule has 1 unspecified atom stereocenters. The van der Waals surface area contributed by atoms with E-state index in [-0.39, 0.29) is 0 Å². The summed E-state index contributed by atoms with van der Waals surface area (Å²) in [4.78, 5) is 1.34. The van der Waals surface area contributed by atoms with Crippen LogP contribution in [0.15, 0.2) is 53.4 Å². The van der Waals surface area contributed by atoms with Crippen LogP contribution in [-0.2, 0) is 6.54 Å². The zero-order valence-electron chi connectivity index (χ0n) is 12.3. The Morgan fingerprint density at radius 1 is 1.19 bits per heavy atom. The third-order valence-corrected chi connectivity index (χ3v) is 4.88. The van der Waals surface area contributed by atoms with Gasteiger partial charge in [0.25, 0.3) is 0 Å². The van der Waals surface area contributed by atoms with Crippen molar-refractivity contribution in [2.45, 2.75) is 24.3 Å². The summed E-state index contributed by atoms with van der Waals surface area (Å²) < 4.78 is 5.75. The number of para-hydroxylation sites is 1. The lowest BCUT2D eigenvalue weighted by Gasteiger charge is -2.09. The van der Waals surface area contributed by atoms with E-state index in [1.807, 2.05) is 17.8 Å². The summed E-state index contributed by atoms with van der Waals surface area (Å²) in [5.74, 6) is 2.63. The van der Waals surface area contributed by atoms with E-state index >= 15 is 0 Å². The molecule has 0 saturated carbocycles. The maximum Gasteiger partial charge on any atom is 0.122 e. The van der Waals surface area contributed by atoms with E-state index < -0.39 is 0 Å². The number of hydrogen-bond donors (Lipinski definition) is 1. The van der Waals surface area contributed by atoms with Gasteiger partial charge in [-0.05, 0) is 30.3 Å². The number of thioether (sulfide) groups is 1. The molecule has 21 heavy (non-hydrogen) atoms. The SMILES string of the molecule is CCNCc1cccc(SCC2COc3ccccc32)c1. The zero-order valence-corrected chi connectivity index (χ0v) is 13.2. The molecule has 1 aliphatic heterocycles. The highest BCUT2D eigenvalue weighted by Gasteiger charge is 2.23. The Labute approximate surface area is 130 Å². The summed E-state index contributed by atoms with van der Waals surface area (Å²) in [5.41, 5.74) is 2.71. The minimum absolute atomic E-state index is 0.503. The predicted molar refractivity (Wildman–Crippen MR) is 89.2 cm³/mol. The van der Waals surface area contributed by atoms with Gasteiger partial charge in [-0.15, -0.1) is 11.8 Å². The average Bonchev–Trinajstić information content (AvgIpc) is 2.95. The van der Waals surface area contributed by atoms with Gasteiger partial charge in [0.15, 0.2) is 0 Å². The Balaban J connectivity index is 1.61. The number of hydrogen-bond acceptors (Lipinski definition) is 3. The molecule has 1 heterocycles. The quantitative estimate of drug-likeness (QED) is 0.813. The number of benzene rings is 2. The first kappa shape index (κ1) is 14.5. The van der Waals surface area contributed by atoms with Crippen LogP contribution in [0.2, 0.25) is 0 Å². The van der Waals surface area contributed by atoms with Crippen LogP contribution in [0, 0.1) is 0 Å². The Morgan fingerprint density at radius 3 is 3.00 bits per heavy atom. The Hall–Kier alpha value is -1.45. The lowest BCUT2D eigenvalue weighted by atomic mass is 10.0. The van der Waals surface area contributed by atoms with Gasteiger partial charge in [-0.1, -0.05) is 37.3 Å². The Kier molecular flexibility index (Phi) is 4.84. The second-order valence-electron chi connectivity index (χ2n) is 5.28. The van der Waals surface area contributed by atoms with E-state index in [0.29, 0.717) is 5.92 Å². The van der Waals surface area contributed by atoms with E-state index in [0.717, 1.165) is 31.2 Å². The second-order valence-corrected chi connectivity index (χ2v) is 6.38. The molecule has 0 bridgehead atoms. The fourth-order valence-corrected chi connectivity index (χ4v) is 3.66. The maximum atomic E-state index is 5.75. The lowest BCUT2D eigenvalue weighted by Crippen LogP contribution is -2.11. The molecular weight excluding hydrogens is 278 g/mol. The van der Waals surface area contributed by atoms with Crippen LogP contribution in [0.25, 0.3) is 0 Å². The molecule has 0 fully saturated rings. The number of ether oxygens (including phenoxy) is 1. The summed E-state index contributed by atoms with van der Waals surface area (Å²) >= 11 is 1.92. The second kappa shape index (κ2) is 7.01. The van der Waals surface area contributed by atoms with Gasteiger partial charge in [-0.3, -0.25) is 0 Å². The number of fused-ring (bicyclic) bond motifs is 1. The first-order chi connectivity index (χ1) is 10.4. The van der Waals surface area contributed by atoms with Crippen molar-refractivity contribution in [1.29, 1.82) is 0 Å². The molecule has 0 aliphatic carbocycles. The van der Waals surface area contributed by atoms with Crippen LogP contribution in [-0.4, -0.2) is 18.9 Å². The maximum absolute atomic E-state index is 5.75. The monoisotopic (exact) mass is 299 g/mol. The largest absolute Gasteiger partial charge is 0.493 e. The molecule has 2 aromatic rings. The van der Waals surface area contributed by atoms with E-state index in [9.17, 15) is 0 Å². The average molecular weight is 299 g/mol. The highest BCUT2D eigenvalue weighted by atomic mass is 32.2. The number of nitrogens with one attached hydrogen (secondary N) is 1. The lowest BCUT2D eigenvalue weighted by molar-refractivity contribution is 0.339. The minimum atomic E-state index is 0.503. The van der Waals surface area contributed by atoms with Crippen LogP contribution >= 0.6 is 11.8 Å². The first-order valence-electron chi connectivity index (χ1n) is 7.51. The normalized spacial score (nSPS) is 16.5. The zero-order chi connectivity index (χ0) is 14.5. The summed E-state index contributed by atoms with van der Waals surface area (Å²) in [7, 11) is 0. The molecule has 0 saturated heterocycles. The summed E-state index contributed by atoms with van der Waals surface area (Å²) in [6.45, 7) is 4.90. The molecule has 2 nitrogen and oxygen atoms in total. The summed E-state index contributed by atoms with van der Waals surface area (Å²) in [6.07, 6.45) is 0. The van der Waals surface area contributed by atoms with Gasteiger partial charge in [0.1, 0.15) is 5.75 Å². The van der Waals surface area contributed by atoms with Crippen molar-refractivity contribution < 1.29 is 4.74 Å². The smallest absolute Gasteiger partial charge is 0.122 e. The topological polar surface area (TPSA) is 21.3 Å². The molecule has 3 heteroatoms. The highest BCUT2D eigenvalue weighted by Crippen LogP contribution is 2.36. The van der Waals surface area contributed by atoms with Crippen molar-refractivity contribution in [3.8, 4) is 5.75 Å². The molecule has 1 aliphatic rings. The summed E-state index contributed by atoms with van der Waals surface area (Å²) in [6, 6.07) is 17.2. The third-order valence-electron chi connectivity index (χ3n) is 3.73. The van der Waals surface area contributed by atoms with E-state index in [4.69, 9.17) is 4.74 Å². The van der Waals surface area contributed by atoms with Crippen LogP contribution < -0.4 is 10.1 Å². The fraction of sp³-hybridized carbons (Fsp3) is 0.333. The standard InChI is InChI=1S/C18H21NOS/c1-2-19-11-14-6-5-7-16(10-14)21-13-15-12-20-18-9-4-3-8-17(15)18/h3-10,15,19H,2,11-13H2,1H3. The van der Waals surface area contributed by atoms with Gasteiger partial charge in [0.2, 0.25) is 0 Å². The van der Waals surface area contributed by atoms with Crippen LogP contribution in [0.3, 0.4) is 0 Å². The Bertz CT molecular complexity index is 599. The van der Waals surface area contributed by atoms with Gasteiger partial charge in [0.05, 0.1) is 6.61 Å². The molecule has 2 aromatic carbocycles. The Morgan fingerprint density at radius 2 is 2.10 bits per heavy atom. The highest BCUT2D eigenvalue weighted by molar-refractivity contribution is 7.99. The van der Waals surface area contributed by atoms with Crippen molar-refractivity contribution in [3.63, 3.8) is 0 Å². The van der Waals surface area contributed by atoms with E-state index in [2.05, 4.69) is 54.7 Å². The van der Waals surface area contributed by atoms with Crippen molar-refractivity contribution >= 4 is 11.8 Å². The van der Waals surface area contributed by atoms with Gasteiger partial charge in [-0.2, -0.15) is 0 Å². The van der Waals surface area contributed by atoms with Crippen LogP contribution in [0.1, 0.15) is 24.0 Å². The van der Waals surface area contributed by atoms with Crippen molar-refractivity contribution in [2.75, 3.05) is 18.9 Å². The van der Waals surface area contributed by atoms with Gasteiger partial charge >= 0.3 is 0 Å². The molecule has 1 atom stereocenters. The minimum Gasteiger partial charge on any atom is -0.493 e. The van der Waals surface area contributed by atoms with Crippen LogP contribution in [0.4, 0.5) is 0 Å². The summed E-state index contributed by atoms with van der Waals surface area (Å²) in [5, 5.41) is 3.37. The van der Waals surface area contributed by atoms with Crippen molar-refractivity contribution in [3.05, 3.63) is 59.7 Å². The third kappa shape index (κ3) is 3.60. The molecule has 110 valence electrons. The molecule has 3 rings (SSSR count). The first-order valence-corrected chi connectivity index (χ1v) is 8.49.